The van der Waals surface area contributed by atoms with Crippen LogP contribution in [0.2, 0.25) is 0 Å². The van der Waals surface area contributed by atoms with E-state index in [4.69, 9.17) is 5.73 Å². The molecule has 2 heterocycles. The van der Waals surface area contributed by atoms with Gasteiger partial charge in [0.05, 0.1) is 23.6 Å². The molecule has 88 valence electrons. The summed E-state index contributed by atoms with van der Waals surface area (Å²) in [6, 6.07) is 3.03. The minimum Gasteiger partial charge on any atom is -0.395 e. The van der Waals surface area contributed by atoms with E-state index in [-0.39, 0.29) is 5.69 Å². The number of anilines is 2. The number of nitrogens with zero attached hydrogens (tertiary/aromatic N) is 4. The molecule has 2 N–H and O–H groups in total. The molecule has 17 heavy (non-hydrogen) atoms. The van der Waals surface area contributed by atoms with Crippen molar-refractivity contribution < 1.29 is 4.39 Å². The first kappa shape index (κ1) is 10.1. The van der Waals surface area contributed by atoms with E-state index in [1.807, 2.05) is 18.9 Å². The lowest BCUT2D eigenvalue weighted by Gasteiger charge is -2.28. The smallest absolute Gasteiger partial charge is 0.152 e. The fraction of sp³-hybridized carbons (Fsp3) is 0.273. The number of nitrogen functional groups attached to an aromatic ring is 1. The highest BCUT2D eigenvalue weighted by atomic mass is 19.1. The van der Waals surface area contributed by atoms with Gasteiger partial charge in [-0.1, -0.05) is 0 Å². The third-order valence-electron chi connectivity index (χ3n) is 2.91. The first-order valence-corrected chi connectivity index (χ1v) is 5.30. The standard InChI is InChI=1S/C11H12FN5/c1-6-14-9-5-16(2)11-8(17(9)15-6)4-3-7(12)10(11)13/h3-4H,5,13H2,1-2H3. The van der Waals surface area contributed by atoms with Crippen LogP contribution in [0.25, 0.3) is 5.69 Å². The molecule has 2 aromatic rings. The second-order valence-corrected chi connectivity index (χ2v) is 4.17. The van der Waals surface area contributed by atoms with E-state index in [2.05, 4.69) is 10.1 Å². The van der Waals surface area contributed by atoms with Gasteiger partial charge in [-0.2, -0.15) is 5.10 Å². The van der Waals surface area contributed by atoms with E-state index in [9.17, 15) is 4.39 Å². The molecule has 3 rings (SSSR count). The maximum atomic E-state index is 13.5. The normalized spacial score (nSPS) is 13.5. The number of halogens is 1. The zero-order chi connectivity index (χ0) is 12.2. The summed E-state index contributed by atoms with van der Waals surface area (Å²) in [6.45, 7) is 2.40. The van der Waals surface area contributed by atoms with Crippen LogP contribution in [0.1, 0.15) is 11.6 Å². The van der Waals surface area contributed by atoms with Crippen molar-refractivity contribution in [3.63, 3.8) is 0 Å². The van der Waals surface area contributed by atoms with Gasteiger partial charge in [0.1, 0.15) is 11.6 Å². The van der Waals surface area contributed by atoms with Gasteiger partial charge in [0.2, 0.25) is 0 Å². The van der Waals surface area contributed by atoms with E-state index in [1.165, 1.54) is 6.07 Å². The number of fused-ring (bicyclic) bond motifs is 3. The SMILES string of the molecule is Cc1nc2n(n1)-c1ccc(F)c(N)c1N(C)C2. The van der Waals surface area contributed by atoms with Crippen molar-refractivity contribution in [2.24, 2.45) is 0 Å². The van der Waals surface area contributed by atoms with Crippen molar-refractivity contribution >= 4 is 11.4 Å². The Morgan fingerprint density at radius 3 is 2.94 bits per heavy atom. The van der Waals surface area contributed by atoms with Gasteiger partial charge in [0.15, 0.2) is 5.82 Å². The second-order valence-electron chi connectivity index (χ2n) is 4.17. The zero-order valence-corrected chi connectivity index (χ0v) is 9.61. The monoisotopic (exact) mass is 233 g/mol. The first-order chi connectivity index (χ1) is 8.08. The Hall–Kier alpha value is -2.11. The zero-order valence-electron chi connectivity index (χ0n) is 9.61. The Bertz CT molecular complexity index is 604. The molecule has 0 radical (unpaired) electrons. The van der Waals surface area contributed by atoms with Crippen LogP contribution in [0.5, 0.6) is 0 Å². The lowest BCUT2D eigenvalue weighted by atomic mass is 10.1. The minimum atomic E-state index is -0.407. The van der Waals surface area contributed by atoms with Gasteiger partial charge in [-0.25, -0.2) is 14.1 Å². The molecular formula is C11H12FN5. The Kier molecular flexibility index (Phi) is 1.89. The van der Waals surface area contributed by atoms with Crippen LogP contribution in [-0.2, 0) is 6.54 Å². The van der Waals surface area contributed by atoms with Crippen LogP contribution in [0.15, 0.2) is 12.1 Å². The molecule has 1 aliphatic rings. The largest absolute Gasteiger partial charge is 0.395 e. The molecule has 1 aromatic heterocycles. The summed E-state index contributed by atoms with van der Waals surface area (Å²) in [6.07, 6.45) is 0. The number of nitrogens with two attached hydrogens (primary N) is 1. The predicted octanol–water partition coefficient (Wildman–Crippen LogP) is 1.25. The molecule has 1 aromatic carbocycles. The minimum absolute atomic E-state index is 0.156. The summed E-state index contributed by atoms with van der Waals surface area (Å²) in [4.78, 5) is 6.21. The summed E-state index contributed by atoms with van der Waals surface area (Å²) in [5.74, 6) is 1.13. The molecule has 0 saturated carbocycles. The van der Waals surface area contributed by atoms with E-state index in [1.54, 1.807) is 10.7 Å². The molecule has 6 heteroatoms. The van der Waals surface area contributed by atoms with Crippen molar-refractivity contribution in [1.29, 1.82) is 0 Å². The van der Waals surface area contributed by atoms with Crippen molar-refractivity contribution in [2.75, 3.05) is 17.7 Å². The van der Waals surface area contributed by atoms with Gasteiger partial charge in [-0.15, -0.1) is 0 Å². The lowest BCUT2D eigenvalue weighted by molar-refractivity contribution is 0.628. The molecule has 0 saturated heterocycles. The van der Waals surface area contributed by atoms with E-state index in [0.29, 0.717) is 18.1 Å². The summed E-state index contributed by atoms with van der Waals surface area (Å²) < 4.78 is 15.2. The topological polar surface area (TPSA) is 60.0 Å². The summed E-state index contributed by atoms with van der Waals surface area (Å²) in [7, 11) is 1.86. The molecule has 5 nitrogen and oxygen atoms in total. The first-order valence-electron chi connectivity index (χ1n) is 5.30. The molecule has 0 atom stereocenters. The number of rotatable bonds is 0. The molecule has 1 aliphatic heterocycles. The van der Waals surface area contributed by atoms with Crippen LogP contribution in [0.3, 0.4) is 0 Å². The molecule has 0 fully saturated rings. The molecule has 0 spiro atoms. The van der Waals surface area contributed by atoms with Crippen LogP contribution < -0.4 is 10.6 Å². The van der Waals surface area contributed by atoms with Crippen molar-refractivity contribution in [1.82, 2.24) is 14.8 Å². The third-order valence-corrected chi connectivity index (χ3v) is 2.91. The van der Waals surface area contributed by atoms with Gasteiger partial charge in [-0.3, -0.25) is 0 Å². The number of aryl methyl sites for hydroxylation is 1. The fourth-order valence-electron chi connectivity index (χ4n) is 2.19. The van der Waals surface area contributed by atoms with Crippen molar-refractivity contribution in [3.05, 3.63) is 29.6 Å². The Morgan fingerprint density at radius 1 is 1.41 bits per heavy atom. The highest BCUT2D eigenvalue weighted by molar-refractivity contribution is 5.78. The Balaban J connectivity index is 2.32. The molecule has 0 bridgehead atoms. The summed E-state index contributed by atoms with van der Waals surface area (Å²) >= 11 is 0. The van der Waals surface area contributed by atoms with Crippen LogP contribution >= 0.6 is 0 Å². The van der Waals surface area contributed by atoms with Crippen molar-refractivity contribution in [3.8, 4) is 5.69 Å². The maximum Gasteiger partial charge on any atom is 0.152 e. The molecule has 0 amide bonds. The number of aromatic nitrogens is 3. The quantitative estimate of drug-likeness (QED) is 0.696. The maximum absolute atomic E-state index is 13.5. The predicted molar refractivity (Wildman–Crippen MR) is 62.6 cm³/mol. The van der Waals surface area contributed by atoms with E-state index >= 15 is 0 Å². The Morgan fingerprint density at radius 2 is 2.18 bits per heavy atom. The van der Waals surface area contributed by atoms with E-state index < -0.39 is 5.82 Å². The molecular weight excluding hydrogens is 221 g/mol. The van der Waals surface area contributed by atoms with Gasteiger partial charge in [0.25, 0.3) is 0 Å². The molecule has 0 aliphatic carbocycles. The van der Waals surface area contributed by atoms with Crippen LogP contribution in [-0.4, -0.2) is 21.8 Å². The lowest BCUT2D eigenvalue weighted by Crippen LogP contribution is -2.27. The third kappa shape index (κ3) is 1.30. The fourth-order valence-corrected chi connectivity index (χ4v) is 2.19. The highest BCUT2D eigenvalue weighted by Crippen LogP contribution is 2.36. The number of hydrogen-bond acceptors (Lipinski definition) is 4. The summed E-state index contributed by atoms with van der Waals surface area (Å²) in [5.41, 5.74) is 7.38. The van der Waals surface area contributed by atoms with Gasteiger partial charge < -0.3 is 10.6 Å². The average Bonchev–Trinajstić information content (AvgIpc) is 2.63. The van der Waals surface area contributed by atoms with Gasteiger partial charge in [0, 0.05) is 7.05 Å². The second kappa shape index (κ2) is 3.19. The Labute approximate surface area is 97.7 Å². The molecule has 0 unspecified atom stereocenters. The average molecular weight is 233 g/mol. The van der Waals surface area contributed by atoms with Crippen LogP contribution in [0, 0.1) is 12.7 Å². The van der Waals surface area contributed by atoms with Crippen LogP contribution in [0.4, 0.5) is 15.8 Å². The number of hydrogen-bond donors (Lipinski definition) is 1. The summed E-state index contributed by atoms with van der Waals surface area (Å²) in [5, 5.41) is 4.30. The van der Waals surface area contributed by atoms with E-state index in [0.717, 1.165) is 11.5 Å². The van der Waals surface area contributed by atoms with Gasteiger partial charge in [-0.05, 0) is 19.1 Å². The van der Waals surface area contributed by atoms with Crippen molar-refractivity contribution in [2.45, 2.75) is 13.5 Å². The number of benzene rings is 1. The highest BCUT2D eigenvalue weighted by Gasteiger charge is 2.25. The van der Waals surface area contributed by atoms with Gasteiger partial charge >= 0.3 is 0 Å².